The van der Waals surface area contributed by atoms with Crippen LogP contribution in [0.25, 0.3) is 5.69 Å². The number of amides is 1. The third-order valence-electron chi connectivity index (χ3n) is 3.31. The van der Waals surface area contributed by atoms with E-state index in [0.717, 1.165) is 5.69 Å². The number of carbonyl (C=O) groups is 1. The standard InChI is InChI=1S/C14H17N5O2.ClH/c20-14(12-9-21-7-6-15-12)16-8-13-18-17-10-19(13)11-4-2-1-3-5-11;/h1-5,10,12,15H,6-9H2,(H,16,20);1H. The number of para-hydroxylation sites is 1. The van der Waals surface area contributed by atoms with Gasteiger partial charge in [-0.2, -0.15) is 0 Å². The number of nitrogens with one attached hydrogen (secondary N) is 2. The van der Waals surface area contributed by atoms with Crippen LogP contribution in [-0.2, 0) is 16.1 Å². The first kappa shape index (κ1) is 16.4. The van der Waals surface area contributed by atoms with Gasteiger partial charge in [-0.25, -0.2) is 0 Å². The first-order valence-electron chi connectivity index (χ1n) is 6.88. The molecule has 1 unspecified atom stereocenters. The summed E-state index contributed by atoms with van der Waals surface area (Å²) in [6, 6.07) is 9.47. The van der Waals surface area contributed by atoms with Gasteiger partial charge in [-0.15, -0.1) is 22.6 Å². The number of aromatic nitrogens is 3. The molecule has 0 radical (unpaired) electrons. The van der Waals surface area contributed by atoms with E-state index in [0.29, 0.717) is 32.1 Å². The lowest BCUT2D eigenvalue weighted by atomic mass is 10.2. The molecule has 2 aromatic rings. The van der Waals surface area contributed by atoms with Gasteiger partial charge >= 0.3 is 0 Å². The van der Waals surface area contributed by atoms with E-state index in [9.17, 15) is 4.79 Å². The Hall–Kier alpha value is -1.96. The number of halogens is 1. The Morgan fingerprint density at radius 1 is 1.41 bits per heavy atom. The summed E-state index contributed by atoms with van der Waals surface area (Å²) in [4.78, 5) is 12.0. The average molecular weight is 324 g/mol. The first-order valence-corrected chi connectivity index (χ1v) is 6.88. The molecular weight excluding hydrogens is 306 g/mol. The highest BCUT2D eigenvalue weighted by Gasteiger charge is 2.21. The molecule has 1 aromatic carbocycles. The smallest absolute Gasteiger partial charge is 0.239 e. The van der Waals surface area contributed by atoms with E-state index < -0.39 is 0 Å². The maximum absolute atomic E-state index is 12.0. The molecular formula is C14H18ClN5O2. The van der Waals surface area contributed by atoms with Crippen molar-refractivity contribution in [3.63, 3.8) is 0 Å². The maximum atomic E-state index is 12.0. The number of carbonyl (C=O) groups excluding carboxylic acids is 1. The van der Waals surface area contributed by atoms with Crippen LogP contribution in [-0.4, -0.2) is 46.5 Å². The quantitative estimate of drug-likeness (QED) is 0.845. The molecule has 7 nitrogen and oxygen atoms in total. The zero-order valence-corrected chi connectivity index (χ0v) is 12.8. The SMILES string of the molecule is Cl.O=C(NCc1nncn1-c1ccccc1)C1COCCN1. The average Bonchev–Trinajstić information content (AvgIpc) is 3.03. The molecule has 1 amide bonds. The summed E-state index contributed by atoms with van der Waals surface area (Å²) in [5.41, 5.74) is 0.964. The van der Waals surface area contributed by atoms with Gasteiger partial charge < -0.3 is 15.4 Å². The van der Waals surface area contributed by atoms with Crippen molar-refractivity contribution in [2.75, 3.05) is 19.8 Å². The monoisotopic (exact) mass is 323 g/mol. The van der Waals surface area contributed by atoms with E-state index in [1.54, 1.807) is 6.33 Å². The lowest BCUT2D eigenvalue weighted by Gasteiger charge is -2.22. The number of hydrogen-bond acceptors (Lipinski definition) is 5. The molecule has 0 bridgehead atoms. The Kier molecular flexibility index (Phi) is 5.88. The fourth-order valence-electron chi connectivity index (χ4n) is 2.21. The normalized spacial score (nSPS) is 17.5. The van der Waals surface area contributed by atoms with Crippen molar-refractivity contribution in [3.05, 3.63) is 42.5 Å². The van der Waals surface area contributed by atoms with E-state index in [2.05, 4.69) is 20.8 Å². The van der Waals surface area contributed by atoms with Crippen molar-refractivity contribution >= 4 is 18.3 Å². The molecule has 118 valence electrons. The molecule has 1 fully saturated rings. The van der Waals surface area contributed by atoms with Gasteiger partial charge in [0.1, 0.15) is 12.4 Å². The second-order valence-corrected chi connectivity index (χ2v) is 4.75. The Morgan fingerprint density at radius 3 is 2.95 bits per heavy atom. The minimum Gasteiger partial charge on any atom is -0.378 e. The van der Waals surface area contributed by atoms with E-state index in [-0.39, 0.29) is 24.4 Å². The molecule has 2 N–H and O–H groups in total. The predicted molar refractivity (Wildman–Crippen MR) is 83.1 cm³/mol. The summed E-state index contributed by atoms with van der Waals surface area (Å²) in [7, 11) is 0. The highest BCUT2D eigenvalue weighted by molar-refractivity contribution is 5.85. The first-order chi connectivity index (χ1) is 10.3. The van der Waals surface area contributed by atoms with Gasteiger partial charge in [0.25, 0.3) is 0 Å². The number of nitrogens with zero attached hydrogens (tertiary/aromatic N) is 3. The van der Waals surface area contributed by atoms with E-state index in [1.165, 1.54) is 0 Å². The summed E-state index contributed by atoms with van der Waals surface area (Å²) in [6.45, 7) is 2.06. The number of ether oxygens (including phenoxy) is 1. The fourth-order valence-corrected chi connectivity index (χ4v) is 2.21. The summed E-state index contributed by atoms with van der Waals surface area (Å²) in [5.74, 6) is 0.601. The Bertz CT molecular complexity index is 598. The van der Waals surface area contributed by atoms with Crippen LogP contribution in [0.1, 0.15) is 5.82 Å². The molecule has 3 rings (SSSR count). The second kappa shape index (κ2) is 7.88. The molecule has 0 saturated carbocycles. The molecule has 8 heteroatoms. The lowest BCUT2D eigenvalue weighted by Crippen LogP contribution is -2.51. The van der Waals surface area contributed by atoms with Crippen molar-refractivity contribution in [2.24, 2.45) is 0 Å². The molecule has 1 aliphatic rings. The van der Waals surface area contributed by atoms with Gasteiger partial charge in [-0.3, -0.25) is 9.36 Å². The maximum Gasteiger partial charge on any atom is 0.239 e. The number of benzene rings is 1. The summed E-state index contributed by atoms with van der Waals surface area (Å²) >= 11 is 0. The van der Waals surface area contributed by atoms with Crippen molar-refractivity contribution < 1.29 is 9.53 Å². The van der Waals surface area contributed by atoms with Gasteiger partial charge in [0.2, 0.25) is 5.91 Å². The predicted octanol–water partition coefficient (Wildman–Crippen LogP) is 0.294. The van der Waals surface area contributed by atoms with Gasteiger partial charge in [0.15, 0.2) is 5.82 Å². The van der Waals surface area contributed by atoms with Crippen LogP contribution in [0.5, 0.6) is 0 Å². The zero-order chi connectivity index (χ0) is 14.5. The van der Waals surface area contributed by atoms with Crippen molar-refractivity contribution in [1.29, 1.82) is 0 Å². The van der Waals surface area contributed by atoms with E-state index in [1.807, 2.05) is 34.9 Å². The molecule has 1 aromatic heterocycles. The Labute approximate surface area is 134 Å². The molecule has 2 heterocycles. The fraction of sp³-hybridized carbons (Fsp3) is 0.357. The van der Waals surface area contributed by atoms with E-state index in [4.69, 9.17) is 4.74 Å². The topological polar surface area (TPSA) is 81.1 Å². The summed E-state index contributed by atoms with van der Waals surface area (Å²) in [6.07, 6.45) is 1.64. The zero-order valence-electron chi connectivity index (χ0n) is 11.9. The molecule has 22 heavy (non-hydrogen) atoms. The Morgan fingerprint density at radius 2 is 2.23 bits per heavy atom. The highest BCUT2D eigenvalue weighted by atomic mass is 35.5. The highest BCUT2D eigenvalue weighted by Crippen LogP contribution is 2.08. The van der Waals surface area contributed by atoms with Crippen LogP contribution in [0, 0.1) is 0 Å². The number of hydrogen-bond donors (Lipinski definition) is 2. The van der Waals surface area contributed by atoms with Gasteiger partial charge in [-0.1, -0.05) is 18.2 Å². The van der Waals surface area contributed by atoms with Crippen molar-refractivity contribution in [1.82, 2.24) is 25.4 Å². The minimum atomic E-state index is -0.299. The minimum absolute atomic E-state index is 0. The van der Waals surface area contributed by atoms with Crippen molar-refractivity contribution in [2.45, 2.75) is 12.6 Å². The molecule has 1 atom stereocenters. The second-order valence-electron chi connectivity index (χ2n) is 4.75. The third-order valence-corrected chi connectivity index (χ3v) is 3.31. The number of rotatable bonds is 4. The molecule has 1 saturated heterocycles. The molecule has 1 aliphatic heterocycles. The van der Waals surface area contributed by atoms with Crippen LogP contribution >= 0.6 is 12.4 Å². The lowest BCUT2D eigenvalue weighted by molar-refractivity contribution is -0.126. The largest absolute Gasteiger partial charge is 0.378 e. The molecule has 0 spiro atoms. The Balaban J connectivity index is 0.00000176. The van der Waals surface area contributed by atoms with Gasteiger partial charge in [0, 0.05) is 12.2 Å². The van der Waals surface area contributed by atoms with Crippen LogP contribution < -0.4 is 10.6 Å². The molecule has 0 aliphatic carbocycles. The summed E-state index contributed by atoms with van der Waals surface area (Å²) < 4.78 is 7.13. The van der Waals surface area contributed by atoms with E-state index >= 15 is 0 Å². The summed E-state index contributed by atoms with van der Waals surface area (Å²) in [5, 5.41) is 13.9. The third kappa shape index (κ3) is 3.82. The van der Waals surface area contributed by atoms with Crippen LogP contribution in [0.3, 0.4) is 0 Å². The number of morpholine rings is 1. The van der Waals surface area contributed by atoms with Crippen LogP contribution in [0.2, 0.25) is 0 Å². The van der Waals surface area contributed by atoms with Crippen LogP contribution in [0.15, 0.2) is 36.7 Å². The van der Waals surface area contributed by atoms with Gasteiger partial charge in [-0.05, 0) is 12.1 Å². The van der Waals surface area contributed by atoms with Crippen molar-refractivity contribution in [3.8, 4) is 5.69 Å². The van der Waals surface area contributed by atoms with Crippen LogP contribution in [0.4, 0.5) is 0 Å². The van der Waals surface area contributed by atoms with Gasteiger partial charge in [0.05, 0.1) is 19.8 Å².